The third kappa shape index (κ3) is 3.71. The van der Waals surface area contributed by atoms with Gasteiger partial charge in [0.15, 0.2) is 9.84 Å². The Hall–Kier alpha value is -2.07. The highest BCUT2D eigenvalue weighted by atomic mass is 32.2. The van der Waals surface area contributed by atoms with Crippen LogP contribution in [0.4, 0.5) is 5.69 Å². The topological polar surface area (TPSA) is 99.1 Å². The fraction of sp³-hybridized carbons (Fsp3) is 0.385. The summed E-state index contributed by atoms with van der Waals surface area (Å²) in [7, 11) is -3.00. The third-order valence-corrected chi connectivity index (χ3v) is 4.85. The fourth-order valence-corrected chi connectivity index (χ4v) is 3.77. The molecule has 1 saturated heterocycles. The molecule has 1 unspecified atom stereocenters. The minimum Gasteiger partial charge on any atom is -0.375 e. The van der Waals surface area contributed by atoms with Crippen molar-refractivity contribution in [2.75, 3.05) is 23.4 Å². The molecule has 2 rings (SSSR count). The van der Waals surface area contributed by atoms with Gasteiger partial charge in [0.2, 0.25) is 5.91 Å². The Balaban J connectivity index is 1.86. The van der Waals surface area contributed by atoms with E-state index in [0.29, 0.717) is 17.7 Å². The van der Waals surface area contributed by atoms with Gasteiger partial charge < -0.3 is 10.6 Å². The largest absolute Gasteiger partial charge is 0.375 e. The molecule has 0 bridgehead atoms. The van der Waals surface area contributed by atoms with E-state index in [2.05, 4.69) is 10.6 Å². The molecule has 1 aromatic carbocycles. The molecular formula is C13H15N3O3S. The zero-order valence-electron chi connectivity index (χ0n) is 10.8. The predicted octanol–water partition coefficient (Wildman–Crippen LogP) is 0.273. The second-order valence-corrected chi connectivity index (χ2v) is 6.91. The van der Waals surface area contributed by atoms with Crippen LogP contribution < -0.4 is 10.6 Å². The molecule has 0 spiro atoms. The second kappa shape index (κ2) is 5.92. The average molecular weight is 293 g/mol. The molecule has 1 heterocycles. The van der Waals surface area contributed by atoms with Gasteiger partial charge in [-0.25, -0.2) is 8.42 Å². The Bertz CT molecular complexity index is 649. The summed E-state index contributed by atoms with van der Waals surface area (Å²) < 4.78 is 22.6. The molecule has 1 aromatic rings. The number of carbonyl (C=O) groups is 1. The normalized spacial score (nSPS) is 20.1. The van der Waals surface area contributed by atoms with E-state index in [1.54, 1.807) is 24.3 Å². The van der Waals surface area contributed by atoms with Crippen molar-refractivity contribution in [1.82, 2.24) is 5.32 Å². The van der Waals surface area contributed by atoms with E-state index in [1.165, 1.54) is 0 Å². The Labute approximate surface area is 117 Å². The molecule has 0 aromatic heterocycles. The number of para-hydroxylation sites is 1. The zero-order valence-corrected chi connectivity index (χ0v) is 11.6. The van der Waals surface area contributed by atoms with Gasteiger partial charge in [-0.1, -0.05) is 12.1 Å². The highest BCUT2D eigenvalue weighted by molar-refractivity contribution is 7.91. The van der Waals surface area contributed by atoms with Crippen LogP contribution in [0, 0.1) is 11.3 Å². The Morgan fingerprint density at radius 3 is 2.80 bits per heavy atom. The summed E-state index contributed by atoms with van der Waals surface area (Å²) in [6.45, 7) is 0.00917. The molecule has 2 N–H and O–H groups in total. The van der Waals surface area contributed by atoms with Gasteiger partial charge in [0.1, 0.15) is 6.07 Å². The van der Waals surface area contributed by atoms with Crippen molar-refractivity contribution in [3.05, 3.63) is 29.8 Å². The van der Waals surface area contributed by atoms with Crippen molar-refractivity contribution in [1.29, 1.82) is 5.26 Å². The number of carbonyl (C=O) groups excluding carboxylic acids is 1. The Kier molecular flexibility index (Phi) is 4.25. The lowest BCUT2D eigenvalue weighted by Crippen LogP contribution is -2.39. The predicted molar refractivity (Wildman–Crippen MR) is 74.8 cm³/mol. The maximum Gasteiger partial charge on any atom is 0.239 e. The lowest BCUT2D eigenvalue weighted by Gasteiger charge is -2.12. The van der Waals surface area contributed by atoms with Crippen molar-refractivity contribution in [2.24, 2.45) is 0 Å². The Morgan fingerprint density at radius 2 is 2.15 bits per heavy atom. The maximum atomic E-state index is 11.7. The highest BCUT2D eigenvalue weighted by Gasteiger charge is 2.28. The van der Waals surface area contributed by atoms with Crippen LogP contribution in [-0.2, 0) is 14.6 Å². The number of sulfone groups is 1. The molecule has 106 valence electrons. The number of benzene rings is 1. The lowest BCUT2D eigenvalue weighted by atomic mass is 10.2. The van der Waals surface area contributed by atoms with Gasteiger partial charge in [0.25, 0.3) is 0 Å². The average Bonchev–Trinajstić information content (AvgIpc) is 2.76. The van der Waals surface area contributed by atoms with E-state index in [-0.39, 0.29) is 30.0 Å². The van der Waals surface area contributed by atoms with E-state index in [0.717, 1.165) is 0 Å². The van der Waals surface area contributed by atoms with E-state index in [4.69, 9.17) is 5.26 Å². The van der Waals surface area contributed by atoms with Gasteiger partial charge in [0.05, 0.1) is 29.3 Å². The third-order valence-electron chi connectivity index (χ3n) is 3.08. The molecule has 0 radical (unpaired) electrons. The molecule has 1 aliphatic heterocycles. The number of anilines is 1. The molecule has 0 saturated carbocycles. The summed E-state index contributed by atoms with van der Waals surface area (Å²) >= 11 is 0. The molecule has 7 heteroatoms. The van der Waals surface area contributed by atoms with Gasteiger partial charge in [-0.05, 0) is 18.6 Å². The Morgan fingerprint density at radius 1 is 1.40 bits per heavy atom. The summed E-state index contributed by atoms with van der Waals surface area (Å²) in [6.07, 6.45) is 0.461. The van der Waals surface area contributed by atoms with Crippen LogP contribution in [0.5, 0.6) is 0 Å². The number of hydrogen-bond acceptors (Lipinski definition) is 5. The molecule has 0 aliphatic carbocycles. The highest BCUT2D eigenvalue weighted by Crippen LogP contribution is 2.13. The summed E-state index contributed by atoms with van der Waals surface area (Å²) in [5.41, 5.74) is 1.05. The summed E-state index contributed by atoms with van der Waals surface area (Å²) in [6, 6.07) is 8.61. The summed E-state index contributed by atoms with van der Waals surface area (Å²) in [5, 5.41) is 14.5. The van der Waals surface area contributed by atoms with E-state index < -0.39 is 9.84 Å². The monoisotopic (exact) mass is 293 g/mol. The summed E-state index contributed by atoms with van der Waals surface area (Å²) in [4.78, 5) is 11.7. The SMILES string of the molecule is N#Cc1ccccc1NCC(=O)NC1CCS(=O)(=O)C1. The van der Waals surface area contributed by atoms with Crippen molar-refractivity contribution in [3.63, 3.8) is 0 Å². The minimum atomic E-state index is -3.00. The minimum absolute atomic E-state index is 0.00746. The molecule has 20 heavy (non-hydrogen) atoms. The molecule has 1 amide bonds. The van der Waals surface area contributed by atoms with Gasteiger partial charge in [-0.3, -0.25) is 4.79 Å². The first-order chi connectivity index (χ1) is 9.50. The first-order valence-corrected chi connectivity index (χ1v) is 8.05. The molecular weight excluding hydrogens is 278 g/mol. The van der Waals surface area contributed by atoms with Crippen LogP contribution in [0.2, 0.25) is 0 Å². The van der Waals surface area contributed by atoms with Crippen LogP contribution in [-0.4, -0.2) is 38.4 Å². The van der Waals surface area contributed by atoms with Crippen LogP contribution in [0.1, 0.15) is 12.0 Å². The number of nitrogens with one attached hydrogen (secondary N) is 2. The zero-order chi connectivity index (χ0) is 14.6. The van der Waals surface area contributed by atoms with Crippen LogP contribution in [0.3, 0.4) is 0 Å². The molecule has 1 atom stereocenters. The van der Waals surface area contributed by atoms with Crippen LogP contribution >= 0.6 is 0 Å². The lowest BCUT2D eigenvalue weighted by molar-refractivity contribution is -0.119. The number of rotatable bonds is 4. The van der Waals surface area contributed by atoms with Crippen molar-refractivity contribution in [2.45, 2.75) is 12.5 Å². The van der Waals surface area contributed by atoms with Gasteiger partial charge in [-0.2, -0.15) is 5.26 Å². The van der Waals surface area contributed by atoms with Crippen molar-refractivity contribution < 1.29 is 13.2 Å². The van der Waals surface area contributed by atoms with E-state index in [1.807, 2.05) is 6.07 Å². The van der Waals surface area contributed by atoms with E-state index in [9.17, 15) is 13.2 Å². The maximum absolute atomic E-state index is 11.7. The van der Waals surface area contributed by atoms with Crippen molar-refractivity contribution >= 4 is 21.4 Å². The van der Waals surface area contributed by atoms with Crippen LogP contribution in [0.25, 0.3) is 0 Å². The number of hydrogen-bond donors (Lipinski definition) is 2. The molecule has 1 fully saturated rings. The second-order valence-electron chi connectivity index (χ2n) is 4.68. The first kappa shape index (κ1) is 14.3. The van der Waals surface area contributed by atoms with Gasteiger partial charge in [0, 0.05) is 6.04 Å². The number of nitriles is 1. The summed E-state index contributed by atoms with van der Waals surface area (Å²) in [5.74, 6) is -0.143. The molecule has 1 aliphatic rings. The molecule has 6 nitrogen and oxygen atoms in total. The quantitative estimate of drug-likeness (QED) is 0.830. The van der Waals surface area contributed by atoms with Crippen LogP contribution in [0.15, 0.2) is 24.3 Å². The van der Waals surface area contributed by atoms with Gasteiger partial charge >= 0.3 is 0 Å². The standard InChI is InChI=1S/C13H15N3O3S/c14-7-10-3-1-2-4-12(10)15-8-13(17)16-11-5-6-20(18,19)9-11/h1-4,11,15H,5-6,8-9H2,(H,16,17). The smallest absolute Gasteiger partial charge is 0.239 e. The fourth-order valence-electron chi connectivity index (χ4n) is 2.10. The van der Waals surface area contributed by atoms with E-state index >= 15 is 0 Å². The van der Waals surface area contributed by atoms with Gasteiger partial charge in [-0.15, -0.1) is 0 Å². The van der Waals surface area contributed by atoms with Crippen molar-refractivity contribution in [3.8, 4) is 6.07 Å². The number of amides is 1. The first-order valence-electron chi connectivity index (χ1n) is 6.23. The number of nitrogens with zero attached hydrogens (tertiary/aromatic N) is 1.